The molecule has 3 nitrogen and oxygen atoms in total. The van der Waals surface area contributed by atoms with Gasteiger partial charge in [-0.1, -0.05) is 33.3 Å². The molecule has 25 heavy (non-hydrogen) atoms. The van der Waals surface area contributed by atoms with E-state index in [1.807, 2.05) is 6.08 Å². The molecule has 0 aromatic heterocycles. The predicted octanol–water partition coefficient (Wildman–Crippen LogP) is 5.28. The largest absolute Gasteiger partial charge is 0.462 e. The first-order valence-corrected chi connectivity index (χ1v) is 9.97. The van der Waals surface area contributed by atoms with Gasteiger partial charge < -0.3 is 9.47 Å². The molecule has 1 saturated heterocycles. The van der Waals surface area contributed by atoms with Gasteiger partial charge in [-0.05, 0) is 56.3 Å². The Hall–Kier alpha value is -0.830. The van der Waals surface area contributed by atoms with Crippen molar-refractivity contribution in [1.29, 1.82) is 0 Å². The van der Waals surface area contributed by atoms with Crippen LogP contribution in [0.2, 0.25) is 0 Å². The van der Waals surface area contributed by atoms with Crippen molar-refractivity contribution in [3.05, 3.63) is 12.7 Å². The molecule has 0 spiro atoms. The van der Waals surface area contributed by atoms with E-state index in [0.29, 0.717) is 11.8 Å². The SMILES string of the molecule is C=C[C@@]1(C)CC[C@H]2[C@@]3(C)CCCC(C)(C)[C@@H]3[C@@H](OC(C)=O)C[C@@]2(C)O1. The monoisotopic (exact) mass is 348 g/mol. The second kappa shape index (κ2) is 5.84. The summed E-state index contributed by atoms with van der Waals surface area (Å²) in [5.74, 6) is 0.731. The number of fused-ring (bicyclic) bond motifs is 3. The van der Waals surface area contributed by atoms with Crippen LogP contribution >= 0.6 is 0 Å². The third-order valence-corrected chi connectivity index (χ3v) is 7.75. The maximum atomic E-state index is 11.9. The molecule has 3 fully saturated rings. The number of rotatable bonds is 2. The fourth-order valence-electron chi connectivity index (χ4n) is 7.03. The van der Waals surface area contributed by atoms with Gasteiger partial charge in [-0.3, -0.25) is 4.79 Å². The average Bonchev–Trinajstić information content (AvgIpc) is 2.43. The average molecular weight is 349 g/mol. The van der Waals surface area contributed by atoms with Gasteiger partial charge >= 0.3 is 5.97 Å². The van der Waals surface area contributed by atoms with Gasteiger partial charge in [-0.2, -0.15) is 0 Å². The first kappa shape index (κ1) is 18.9. The molecule has 0 radical (unpaired) electrons. The first-order chi connectivity index (χ1) is 11.5. The van der Waals surface area contributed by atoms with Crippen LogP contribution in [0.5, 0.6) is 0 Å². The first-order valence-electron chi connectivity index (χ1n) is 9.97. The fraction of sp³-hybridized carbons (Fsp3) is 0.864. The Labute approximate surface area is 153 Å². The van der Waals surface area contributed by atoms with E-state index >= 15 is 0 Å². The maximum absolute atomic E-state index is 11.9. The smallest absolute Gasteiger partial charge is 0.302 e. The summed E-state index contributed by atoms with van der Waals surface area (Å²) in [6.45, 7) is 17.1. The Morgan fingerprint density at radius 1 is 1.16 bits per heavy atom. The van der Waals surface area contributed by atoms with E-state index in [4.69, 9.17) is 9.47 Å². The molecule has 0 N–H and O–H groups in total. The standard InChI is InChI=1S/C22H36O3/c1-8-20(5)13-10-17-21(6)12-9-11-19(3,4)18(21)16(24-15(2)23)14-22(17,7)25-20/h8,16-18H,1,9-14H2,2-7H3/t16-,17-,18-,20-,21+,22+/m0/s1. The number of esters is 1. The van der Waals surface area contributed by atoms with Crippen molar-refractivity contribution < 1.29 is 14.3 Å². The lowest BCUT2D eigenvalue weighted by Crippen LogP contribution is -2.67. The molecule has 1 aliphatic heterocycles. The zero-order valence-electron chi connectivity index (χ0n) is 17.0. The lowest BCUT2D eigenvalue weighted by molar-refractivity contribution is -0.279. The van der Waals surface area contributed by atoms with Crippen LogP contribution in [0.4, 0.5) is 0 Å². The van der Waals surface area contributed by atoms with Gasteiger partial charge in [0, 0.05) is 19.3 Å². The van der Waals surface area contributed by atoms with Crippen molar-refractivity contribution in [1.82, 2.24) is 0 Å². The highest BCUT2D eigenvalue weighted by molar-refractivity contribution is 5.66. The van der Waals surface area contributed by atoms with E-state index in [1.165, 1.54) is 26.2 Å². The minimum absolute atomic E-state index is 0.0637. The minimum Gasteiger partial charge on any atom is -0.462 e. The molecule has 0 bridgehead atoms. The molecule has 0 amide bonds. The molecular weight excluding hydrogens is 312 g/mol. The second-order valence-electron chi connectivity index (χ2n) is 10.2. The Bertz CT molecular complexity index is 568. The Balaban J connectivity index is 2.05. The minimum atomic E-state index is -0.278. The summed E-state index contributed by atoms with van der Waals surface area (Å²) in [4.78, 5) is 11.9. The van der Waals surface area contributed by atoms with E-state index in [0.717, 1.165) is 19.3 Å². The van der Waals surface area contributed by atoms with E-state index in [1.54, 1.807) is 0 Å². The van der Waals surface area contributed by atoms with Crippen LogP contribution in [0.25, 0.3) is 0 Å². The molecule has 0 unspecified atom stereocenters. The van der Waals surface area contributed by atoms with Crippen LogP contribution in [0.1, 0.15) is 80.1 Å². The van der Waals surface area contributed by atoms with Gasteiger partial charge in [0.2, 0.25) is 0 Å². The summed E-state index contributed by atoms with van der Waals surface area (Å²) in [5, 5.41) is 0. The van der Waals surface area contributed by atoms with Crippen molar-refractivity contribution in [2.45, 2.75) is 97.4 Å². The molecule has 3 rings (SSSR count). The topological polar surface area (TPSA) is 35.5 Å². The molecule has 2 saturated carbocycles. The third kappa shape index (κ3) is 2.97. The van der Waals surface area contributed by atoms with Gasteiger partial charge in [0.25, 0.3) is 0 Å². The highest BCUT2D eigenvalue weighted by Gasteiger charge is 2.65. The molecule has 0 aromatic carbocycles. The Kier molecular flexibility index (Phi) is 4.42. The number of carbonyl (C=O) groups excluding carboxylic acids is 1. The quantitative estimate of drug-likeness (QED) is 0.503. The lowest BCUT2D eigenvalue weighted by atomic mass is 9.43. The maximum Gasteiger partial charge on any atom is 0.302 e. The predicted molar refractivity (Wildman–Crippen MR) is 100 cm³/mol. The number of carbonyl (C=O) groups is 1. The summed E-state index contributed by atoms with van der Waals surface area (Å²) >= 11 is 0. The molecule has 6 atom stereocenters. The molecule has 2 aliphatic carbocycles. The summed E-state index contributed by atoms with van der Waals surface area (Å²) in [5.41, 5.74) is -0.204. The van der Waals surface area contributed by atoms with Crippen molar-refractivity contribution in [2.24, 2.45) is 22.7 Å². The summed E-state index contributed by atoms with van der Waals surface area (Å²) in [7, 11) is 0. The van der Waals surface area contributed by atoms with Gasteiger partial charge in [0.1, 0.15) is 6.10 Å². The van der Waals surface area contributed by atoms with E-state index in [9.17, 15) is 4.79 Å². The van der Waals surface area contributed by atoms with Crippen molar-refractivity contribution in [3.8, 4) is 0 Å². The zero-order chi connectivity index (χ0) is 18.7. The fourth-order valence-corrected chi connectivity index (χ4v) is 7.03. The summed E-state index contributed by atoms with van der Waals surface area (Å²) in [6.07, 6.45) is 8.53. The second-order valence-corrected chi connectivity index (χ2v) is 10.2. The van der Waals surface area contributed by atoms with Crippen LogP contribution in [-0.4, -0.2) is 23.3 Å². The van der Waals surface area contributed by atoms with Crippen LogP contribution in [0.15, 0.2) is 12.7 Å². The molecular formula is C22H36O3. The van der Waals surface area contributed by atoms with Crippen LogP contribution in [-0.2, 0) is 14.3 Å². The molecule has 0 aromatic rings. The number of hydrogen-bond acceptors (Lipinski definition) is 3. The molecule has 142 valence electrons. The molecule has 3 aliphatic rings. The zero-order valence-corrected chi connectivity index (χ0v) is 17.0. The lowest BCUT2D eigenvalue weighted by Gasteiger charge is -2.66. The van der Waals surface area contributed by atoms with Crippen LogP contribution < -0.4 is 0 Å². The van der Waals surface area contributed by atoms with E-state index in [2.05, 4.69) is 41.2 Å². The van der Waals surface area contributed by atoms with Gasteiger partial charge in [-0.25, -0.2) is 0 Å². The highest BCUT2D eigenvalue weighted by atomic mass is 16.6. The van der Waals surface area contributed by atoms with Gasteiger partial charge in [-0.15, -0.1) is 6.58 Å². The van der Waals surface area contributed by atoms with Crippen LogP contribution in [0, 0.1) is 22.7 Å². The Morgan fingerprint density at radius 3 is 2.44 bits per heavy atom. The molecule has 3 heteroatoms. The van der Waals surface area contributed by atoms with E-state index in [-0.39, 0.29) is 34.1 Å². The summed E-state index contributed by atoms with van der Waals surface area (Å²) < 4.78 is 12.6. The molecule has 1 heterocycles. The van der Waals surface area contributed by atoms with Crippen molar-refractivity contribution in [3.63, 3.8) is 0 Å². The van der Waals surface area contributed by atoms with Crippen LogP contribution in [0.3, 0.4) is 0 Å². The third-order valence-electron chi connectivity index (χ3n) is 7.75. The van der Waals surface area contributed by atoms with Crippen molar-refractivity contribution >= 4 is 5.97 Å². The highest BCUT2D eigenvalue weighted by Crippen LogP contribution is 2.66. The van der Waals surface area contributed by atoms with Crippen molar-refractivity contribution in [2.75, 3.05) is 0 Å². The number of ether oxygens (including phenoxy) is 2. The Morgan fingerprint density at radius 2 is 1.84 bits per heavy atom. The normalized spacial score (nSPS) is 48.8. The van der Waals surface area contributed by atoms with Gasteiger partial charge in [0.05, 0.1) is 11.2 Å². The number of hydrogen-bond donors (Lipinski definition) is 0. The van der Waals surface area contributed by atoms with E-state index < -0.39 is 0 Å². The van der Waals surface area contributed by atoms with Gasteiger partial charge in [0.15, 0.2) is 0 Å². The summed E-state index contributed by atoms with van der Waals surface area (Å²) in [6, 6.07) is 0.